The summed E-state index contributed by atoms with van der Waals surface area (Å²) in [6.07, 6.45) is 0.984. The summed E-state index contributed by atoms with van der Waals surface area (Å²) in [7, 11) is 0. The van der Waals surface area contributed by atoms with E-state index in [2.05, 4.69) is 35.8 Å². The normalized spacial score (nSPS) is 17.1. The third-order valence-corrected chi connectivity index (χ3v) is 3.92. The lowest BCUT2D eigenvalue weighted by molar-refractivity contribution is -0.123. The molecule has 0 spiro atoms. The maximum absolute atomic E-state index is 12.4. The van der Waals surface area contributed by atoms with Gasteiger partial charge in [-0.15, -0.1) is 0 Å². The Kier molecular flexibility index (Phi) is 4.02. The molecule has 108 valence electrons. The van der Waals surface area contributed by atoms with E-state index in [1.807, 2.05) is 30.3 Å². The molecule has 3 rings (SSSR count). The van der Waals surface area contributed by atoms with Crippen molar-refractivity contribution in [1.82, 2.24) is 10.6 Å². The fourth-order valence-electron chi connectivity index (χ4n) is 2.85. The number of benzene rings is 2. The van der Waals surface area contributed by atoms with Crippen LogP contribution in [0.4, 0.5) is 0 Å². The summed E-state index contributed by atoms with van der Waals surface area (Å²) in [6, 6.07) is 16.2. The molecule has 0 saturated heterocycles. The largest absolute Gasteiger partial charge is 0.350 e. The van der Waals surface area contributed by atoms with Crippen molar-refractivity contribution in [2.45, 2.75) is 25.9 Å². The Morgan fingerprint density at radius 2 is 2.10 bits per heavy atom. The lowest BCUT2D eigenvalue weighted by Crippen LogP contribution is -2.41. The van der Waals surface area contributed by atoms with E-state index in [0.717, 1.165) is 24.1 Å². The van der Waals surface area contributed by atoms with Gasteiger partial charge in [0.15, 0.2) is 0 Å². The molecule has 0 fully saturated rings. The van der Waals surface area contributed by atoms with E-state index in [-0.39, 0.29) is 11.9 Å². The molecular formula is C18H20N2O. The topological polar surface area (TPSA) is 41.1 Å². The molecule has 0 aromatic heterocycles. The van der Waals surface area contributed by atoms with Gasteiger partial charge in [-0.25, -0.2) is 0 Å². The zero-order chi connectivity index (χ0) is 14.7. The van der Waals surface area contributed by atoms with E-state index < -0.39 is 0 Å². The van der Waals surface area contributed by atoms with Crippen molar-refractivity contribution < 1.29 is 4.79 Å². The highest BCUT2D eigenvalue weighted by atomic mass is 16.2. The number of amides is 1. The molecule has 1 unspecified atom stereocenters. The molecule has 1 amide bonds. The van der Waals surface area contributed by atoms with Gasteiger partial charge in [0.25, 0.3) is 0 Å². The van der Waals surface area contributed by atoms with Gasteiger partial charge < -0.3 is 10.6 Å². The quantitative estimate of drug-likeness (QED) is 0.907. The summed E-state index contributed by atoms with van der Waals surface area (Å²) in [6.45, 7) is 3.48. The molecule has 0 bridgehead atoms. The molecule has 21 heavy (non-hydrogen) atoms. The van der Waals surface area contributed by atoms with Crippen LogP contribution in [0, 0.1) is 6.92 Å². The fourth-order valence-corrected chi connectivity index (χ4v) is 2.85. The van der Waals surface area contributed by atoms with Crippen LogP contribution in [0.15, 0.2) is 48.5 Å². The summed E-state index contributed by atoms with van der Waals surface area (Å²) in [5.74, 6) is 0.0451. The summed E-state index contributed by atoms with van der Waals surface area (Å²) >= 11 is 0. The maximum Gasteiger partial charge on any atom is 0.242 e. The predicted molar refractivity (Wildman–Crippen MR) is 83.9 cm³/mol. The minimum atomic E-state index is -0.236. The van der Waals surface area contributed by atoms with Gasteiger partial charge >= 0.3 is 0 Å². The fraction of sp³-hybridized carbons (Fsp3) is 0.278. The monoisotopic (exact) mass is 280 g/mol. The van der Waals surface area contributed by atoms with Crippen molar-refractivity contribution in [2.24, 2.45) is 0 Å². The van der Waals surface area contributed by atoms with Crippen LogP contribution in [0.2, 0.25) is 0 Å². The Balaban J connectivity index is 1.69. The number of nitrogens with one attached hydrogen (secondary N) is 2. The number of hydrogen-bond donors (Lipinski definition) is 2. The van der Waals surface area contributed by atoms with Gasteiger partial charge in [0.1, 0.15) is 6.04 Å². The number of carbonyl (C=O) groups excluding carboxylic acids is 1. The highest BCUT2D eigenvalue weighted by Crippen LogP contribution is 2.22. The molecule has 1 aliphatic rings. The number of hydrogen-bond acceptors (Lipinski definition) is 2. The molecule has 2 aromatic carbocycles. The first kappa shape index (κ1) is 13.8. The van der Waals surface area contributed by atoms with Crippen LogP contribution in [0.5, 0.6) is 0 Å². The van der Waals surface area contributed by atoms with Crippen LogP contribution in [0.1, 0.15) is 28.3 Å². The zero-order valence-electron chi connectivity index (χ0n) is 12.2. The van der Waals surface area contributed by atoms with E-state index in [1.165, 1.54) is 11.1 Å². The molecule has 1 atom stereocenters. The molecule has 1 aliphatic heterocycles. The van der Waals surface area contributed by atoms with Crippen molar-refractivity contribution in [3.8, 4) is 0 Å². The van der Waals surface area contributed by atoms with E-state index in [9.17, 15) is 4.79 Å². The third kappa shape index (κ3) is 3.14. The summed E-state index contributed by atoms with van der Waals surface area (Å²) in [4.78, 5) is 12.4. The van der Waals surface area contributed by atoms with Gasteiger partial charge in [0.05, 0.1) is 0 Å². The van der Waals surface area contributed by atoms with Gasteiger partial charge in [-0.1, -0.05) is 54.1 Å². The number of aryl methyl sites for hydroxylation is 1. The third-order valence-electron chi connectivity index (χ3n) is 3.92. The first-order chi connectivity index (χ1) is 10.2. The Morgan fingerprint density at radius 1 is 1.24 bits per heavy atom. The van der Waals surface area contributed by atoms with Crippen LogP contribution >= 0.6 is 0 Å². The van der Waals surface area contributed by atoms with Crippen molar-refractivity contribution in [3.05, 3.63) is 70.8 Å². The van der Waals surface area contributed by atoms with Gasteiger partial charge in [0, 0.05) is 13.1 Å². The van der Waals surface area contributed by atoms with Gasteiger partial charge in [-0.2, -0.15) is 0 Å². The van der Waals surface area contributed by atoms with E-state index in [1.54, 1.807) is 0 Å². The summed E-state index contributed by atoms with van der Waals surface area (Å²) in [5.41, 5.74) is 4.72. The number of carbonyl (C=O) groups is 1. The van der Waals surface area contributed by atoms with Gasteiger partial charge in [-0.3, -0.25) is 4.79 Å². The minimum Gasteiger partial charge on any atom is -0.350 e. The van der Waals surface area contributed by atoms with Gasteiger partial charge in [-0.05, 0) is 30.0 Å². The molecule has 0 saturated carbocycles. The van der Waals surface area contributed by atoms with Crippen molar-refractivity contribution >= 4 is 5.91 Å². The van der Waals surface area contributed by atoms with Crippen LogP contribution in [0.25, 0.3) is 0 Å². The molecule has 3 heteroatoms. The lowest BCUT2D eigenvalue weighted by atomic mass is 9.94. The van der Waals surface area contributed by atoms with E-state index in [0.29, 0.717) is 6.54 Å². The standard InChI is InChI=1S/C18H20N2O/c1-13-5-4-6-14(11-13)12-20-18(21)17-16-8-3-2-7-15(16)9-10-19-17/h2-8,11,17,19H,9-10,12H2,1H3,(H,20,21). The van der Waals surface area contributed by atoms with Crippen molar-refractivity contribution in [1.29, 1.82) is 0 Å². The Bertz CT molecular complexity index is 651. The molecule has 2 N–H and O–H groups in total. The second-order valence-corrected chi connectivity index (χ2v) is 5.54. The predicted octanol–water partition coefficient (Wildman–Crippen LogP) is 2.50. The second kappa shape index (κ2) is 6.10. The molecular weight excluding hydrogens is 260 g/mol. The molecule has 0 aliphatic carbocycles. The smallest absolute Gasteiger partial charge is 0.242 e. The Hall–Kier alpha value is -2.13. The van der Waals surface area contributed by atoms with Crippen molar-refractivity contribution in [3.63, 3.8) is 0 Å². The average Bonchev–Trinajstić information content (AvgIpc) is 2.52. The van der Waals surface area contributed by atoms with Gasteiger partial charge in [0.2, 0.25) is 5.91 Å². The second-order valence-electron chi connectivity index (χ2n) is 5.54. The zero-order valence-corrected chi connectivity index (χ0v) is 12.2. The highest BCUT2D eigenvalue weighted by molar-refractivity contribution is 5.83. The molecule has 1 heterocycles. The Labute approximate surface area is 125 Å². The van der Waals surface area contributed by atoms with Crippen LogP contribution in [0.3, 0.4) is 0 Å². The highest BCUT2D eigenvalue weighted by Gasteiger charge is 2.25. The van der Waals surface area contributed by atoms with E-state index in [4.69, 9.17) is 0 Å². The first-order valence-electron chi connectivity index (χ1n) is 7.38. The average molecular weight is 280 g/mol. The maximum atomic E-state index is 12.4. The lowest BCUT2D eigenvalue weighted by Gasteiger charge is -2.26. The van der Waals surface area contributed by atoms with Crippen molar-refractivity contribution in [2.75, 3.05) is 6.54 Å². The van der Waals surface area contributed by atoms with E-state index >= 15 is 0 Å². The summed E-state index contributed by atoms with van der Waals surface area (Å²) in [5, 5.41) is 6.35. The molecule has 2 aromatic rings. The van der Waals surface area contributed by atoms with Crippen LogP contribution < -0.4 is 10.6 Å². The van der Waals surface area contributed by atoms with Crippen LogP contribution in [-0.4, -0.2) is 12.5 Å². The first-order valence-corrected chi connectivity index (χ1v) is 7.38. The number of rotatable bonds is 3. The summed E-state index contributed by atoms with van der Waals surface area (Å²) < 4.78 is 0. The molecule has 0 radical (unpaired) electrons. The number of fused-ring (bicyclic) bond motifs is 1. The van der Waals surface area contributed by atoms with Crippen LogP contribution in [-0.2, 0) is 17.8 Å². The SMILES string of the molecule is Cc1cccc(CNC(=O)C2NCCc3ccccc32)c1. The molecule has 3 nitrogen and oxygen atoms in total. The Morgan fingerprint density at radius 3 is 2.95 bits per heavy atom. The minimum absolute atomic E-state index is 0.0451.